The van der Waals surface area contributed by atoms with Crippen molar-refractivity contribution in [1.82, 2.24) is 30.0 Å². The van der Waals surface area contributed by atoms with Crippen LogP contribution in [0, 0.1) is 0 Å². The quantitative estimate of drug-likeness (QED) is 0.726. The Kier molecular flexibility index (Phi) is 5.20. The van der Waals surface area contributed by atoms with Gasteiger partial charge in [0.1, 0.15) is 0 Å². The van der Waals surface area contributed by atoms with E-state index in [9.17, 15) is 4.79 Å². The summed E-state index contributed by atoms with van der Waals surface area (Å²) in [7, 11) is 0. The maximum Gasteiger partial charge on any atom is 0.251 e. The highest BCUT2D eigenvalue weighted by atomic mass is 16.1. The van der Waals surface area contributed by atoms with Gasteiger partial charge in [0.15, 0.2) is 0 Å². The van der Waals surface area contributed by atoms with E-state index in [0.29, 0.717) is 12.1 Å². The SMILES string of the molecule is O=C(NCC[C@@H]1CN(Cc2ccccn2)Cc2ccnn21)c1ccncc1. The van der Waals surface area contributed by atoms with Crippen LogP contribution in [-0.4, -0.2) is 43.6 Å². The van der Waals surface area contributed by atoms with Crippen LogP contribution in [-0.2, 0) is 13.1 Å². The van der Waals surface area contributed by atoms with Crippen molar-refractivity contribution in [3.63, 3.8) is 0 Å². The number of hydrogen-bond acceptors (Lipinski definition) is 5. The maximum atomic E-state index is 12.2. The molecule has 7 nitrogen and oxygen atoms in total. The lowest BCUT2D eigenvalue weighted by Crippen LogP contribution is -2.39. The second-order valence-corrected chi connectivity index (χ2v) is 6.69. The molecule has 1 amide bonds. The van der Waals surface area contributed by atoms with Crippen LogP contribution in [0.5, 0.6) is 0 Å². The van der Waals surface area contributed by atoms with Crippen LogP contribution in [0.3, 0.4) is 0 Å². The molecule has 0 spiro atoms. The zero-order valence-corrected chi connectivity index (χ0v) is 15.0. The second-order valence-electron chi connectivity index (χ2n) is 6.69. The molecule has 0 radical (unpaired) electrons. The highest BCUT2D eigenvalue weighted by molar-refractivity contribution is 5.93. The van der Waals surface area contributed by atoms with Gasteiger partial charge in [0.25, 0.3) is 5.91 Å². The average molecular weight is 362 g/mol. The molecule has 3 aromatic rings. The molecule has 0 aromatic carbocycles. The number of nitrogens with zero attached hydrogens (tertiary/aromatic N) is 5. The summed E-state index contributed by atoms with van der Waals surface area (Å²) in [6.07, 6.45) is 7.76. The smallest absolute Gasteiger partial charge is 0.251 e. The molecule has 7 heteroatoms. The molecule has 138 valence electrons. The molecule has 27 heavy (non-hydrogen) atoms. The fourth-order valence-corrected chi connectivity index (χ4v) is 3.48. The van der Waals surface area contributed by atoms with Gasteiger partial charge >= 0.3 is 0 Å². The lowest BCUT2D eigenvalue weighted by atomic mass is 10.1. The molecule has 0 bridgehead atoms. The summed E-state index contributed by atoms with van der Waals surface area (Å²) >= 11 is 0. The van der Waals surface area contributed by atoms with Crippen molar-refractivity contribution in [2.24, 2.45) is 0 Å². The Hall–Kier alpha value is -3.06. The minimum Gasteiger partial charge on any atom is -0.352 e. The largest absolute Gasteiger partial charge is 0.352 e. The van der Waals surface area contributed by atoms with E-state index >= 15 is 0 Å². The number of fused-ring (bicyclic) bond motifs is 1. The Balaban J connectivity index is 1.37. The Morgan fingerprint density at radius 3 is 2.81 bits per heavy atom. The van der Waals surface area contributed by atoms with E-state index in [1.54, 1.807) is 24.5 Å². The lowest BCUT2D eigenvalue weighted by molar-refractivity contribution is 0.0946. The van der Waals surface area contributed by atoms with E-state index in [1.807, 2.05) is 24.5 Å². The van der Waals surface area contributed by atoms with E-state index in [0.717, 1.165) is 31.7 Å². The number of carbonyl (C=O) groups is 1. The summed E-state index contributed by atoms with van der Waals surface area (Å²) in [6.45, 7) is 3.15. The number of amides is 1. The highest BCUT2D eigenvalue weighted by Gasteiger charge is 2.25. The van der Waals surface area contributed by atoms with E-state index in [2.05, 4.69) is 42.1 Å². The number of aromatic nitrogens is 4. The fourth-order valence-electron chi connectivity index (χ4n) is 3.48. The number of hydrogen-bond donors (Lipinski definition) is 1. The fraction of sp³-hybridized carbons (Fsp3) is 0.300. The molecule has 0 aliphatic carbocycles. The van der Waals surface area contributed by atoms with Gasteiger partial charge < -0.3 is 5.32 Å². The summed E-state index contributed by atoms with van der Waals surface area (Å²) in [5.74, 6) is -0.0701. The van der Waals surface area contributed by atoms with Crippen LogP contribution < -0.4 is 5.32 Å². The third-order valence-electron chi connectivity index (χ3n) is 4.77. The van der Waals surface area contributed by atoms with Crippen molar-refractivity contribution in [3.8, 4) is 0 Å². The van der Waals surface area contributed by atoms with Crippen LogP contribution in [0.25, 0.3) is 0 Å². The first kappa shape index (κ1) is 17.4. The molecule has 1 atom stereocenters. The minimum absolute atomic E-state index is 0.0701. The third kappa shape index (κ3) is 4.20. The standard InChI is InChI=1S/C20H22N6O/c27-20(16-4-9-21-10-5-16)23-11-6-18-14-25(13-17-3-1-2-8-22-17)15-19-7-12-24-26(18)19/h1-5,7-10,12,18H,6,11,13-15H2,(H,23,27)/t18-/m1/s1. The van der Waals surface area contributed by atoms with Crippen molar-refractivity contribution in [3.05, 3.63) is 78.1 Å². The summed E-state index contributed by atoms with van der Waals surface area (Å²) < 4.78 is 2.09. The molecule has 3 aromatic heterocycles. The number of carbonyl (C=O) groups excluding carboxylic acids is 1. The van der Waals surface area contributed by atoms with Gasteiger partial charge in [-0.1, -0.05) is 6.07 Å². The van der Waals surface area contributed by atoms with Crippen molar-refractivity contribution in [1.29, 1.82) is 0 Å². The number of pyridine rings is 2. The topological polar surface area (TPSA) is 75.9 Å². The highest BCUT2D eigenvalue weighted by Crippen LogP contribution is 2.23. The molecule has 0 fully saturated rings. The lowest BCUT2D eigenvalue weighted by Gasteiger charge is -2.33. The van der Waals surface area contributed by atoms with Gasteiger partial charge in [0, 0.05) is 56.5 Å². The summed E-state index contributed by atoms with van der Waals surface area (Å²) in [4.78, 5) is 23.0. The third-order valence-corrected chi connectivity index (χ3v) is 4.77. The molecule has 1 aliphatic heterocycles. The first-order chi connectivity index (χ1) is 13.3. The van der Waals surface area contributed by atoms with E-state index in [-0.39, 0.29) is 11.9 Å². The maximum absolute atomic E-state index is 12.2. The van der Waals surface area contributed by atoms with Crippen molar-refractivity contribution in [2.45, 2.75) is 25.6 Å². The molecule has 4 heterocycles. The molecule has 0 saturated carbocycles. The molecular formula is C20H22N6O. The minimum atomic E-state index is -0.0701. The molecule has 0 saturated heterocycles. The van der Waals surface area contributed by atoms with E-state index in [1.165, 1.54) is 5.69 Å². The second kappa shape index (κ2) is 8.09. The molecule has 1 N–H and O–H groups in total. The Morgan fingerprint density at radius 2 is 2.00 bits per heavy atom. The monoisotopic (exact) mass is 362 g/mol. The van der Waals surface area contributed by atoms with E-state index in [4.69, 9.17) is 0 Å². The summed E-state index contributed by atoms with van der Waals surface area (Å²) in [5.41, 5.74) is 2.89. The number of nitrogens with one attached hydrogen (secondary N) is 1. The van der Waals surface area contributed by atoms with Gasteiger partial charge in [-0.2, -0.15) is 5.10 Å². The normalized spacial score (nSPS) is 16.7. The zero-order chi connectivity index (χ0) is 18.5. The van der Waals surface area contributed by atoms with Crippen LogP contribution in [0.15, 0.2) is 61.2 Å². The van der Waals surface area contributed by atoms with E-state index < -0.39 is 0 Å². The van der Waals surface area contributed by atoms with Gasteiger partial charge in [-0.3, -0.25) is 24.3 Å². The van der Waals surface area contributed by atoms with Gasteiger partial charge in [-0.05, 0) is 36.8 Å². The van der Waals surface area contributed by atoms with Crippen LogP contribution >= 0.6 is 0 Å². The molecular weight excluding hydrogens is 340 g/mol. The van der Waals surface area contributed by atoms with Gasteiger partial charge in [0.05, 0.1) is 17.4 Å². The van der Waals surface area contributed by atoms with Crippen molar-refractivity contribution >= 4 is 5.91 Å². The molecule has 1 aliphatic rings. The molecule has 0 unspecified atom stereocenters. The number of rotatable bonds is 6. The predicted octanol–water partition coefficient (Wildman–Crippen LogP) is 2.05. The van der Waals surface area contributed by atoms with Gasteiger partial charge in [-0.25, -0.2) is 0 Å². The average Bonchev–Trinajstić information content (AvgIpc) is 3.18. The Bertz CT molecular complexity index is 880. The van der Waals surface area contributed by atoms with Crippen LogP contribution in [0.2, 0.25) is 0 Å². The first-order valence-corrected chi connectivity index (χ1v) is 9.12. The first-order valence-electron chi connectivity index (χ1n) is 9.12. The van der Waals surface area contributed by atoms with Crippen LogP contribution in [0.4, 0.5) is 0 Å². The van der Waals surface area contributed by atoms with Gasteiger partial charge in [-0.15, -0.1) is 0 Å². The Labute approximate surface area is 158 Å². The summed E-state index contributed by atoms with van der Waals surface area (Å²) in [6, 6.07) is 11.7. The Morgan fingerprint density at radius 1 is 1.11 bits per heavy atom. The zero-order valence-electron chi connectivity index (χ0n) is 15.0. The van der Waals surface area contributed by atoms with Gasteiger partial charge in [0.2, 0.25) is 0 Å². The molecule has 4 rings (SSSR count). The summed E-state index contributed by atoms with van der Waals surface area (Å²) in [5, 5.41) is 7.48. The van der Waals surface area contributed by atoms with Crippen LogP contribution in [0.1, 0.15) is 34.2 Å². The van der Waals surface area contributed by atoms with Crippen molar-refractivity contribution < 1.29 is 4.79 Å². The van der Waals surface area contributed by atoms with Crippen molar-refractivity contribution in [2.75, 3.05) is 13.1 Å². The predicted molar refractivity (Wildman–Crippen MR) is 101 cm³/mol.